The number of nitrogens with one attached hydrogen (secondary N) is 2. The van der Waals surface area contributed by atoms with Gasteiger partial charge in [-0.2, -0.15) is 4.98 Å². The summed E-state index contributed by atoms with van der Waals surface area (Å²) < 4.78 is 12.9. The number of benzene rings is 1. The topological polar surface area (TPSA) is 120 Å². The molecule has 4 aromatic rings. The van der Waals surface area contributed by atoms with Crippen LogP contribution >= 0.6 is 0 Å². The number of rotatable bonds is 8. The van der Waals surface area contributed by atoms with Crippen molar-refractivity contribution in [3.8, 4) is 17.0 Å². The molecule has 34 heavy (non-hydrogen) atoms. The van der Waals surface area contributed by atoms with Crippen LogP contribution in [0.4, 0.5) is 6.01 Å². The number of pyridine rings is 1. The van der Waals surface area contributed by atoms with E-state index in [9.17, 15) is 4.79 Å². The molecule has 0 aliphatic heterocycles. The van der Waals surface area contributed by atoms with Crippen LogP contribution in [0.15, 0.2) is 40.9 Å². The molecule has 0 aliphatic rings. The molecule has 1 amide bonds. The quantitative estimate of drug-likeness (QED) is 0.380. The van der Waals surface area contributed by atoms with Crippen molar-refractivity contribution in [3.63, 3.8) is 0 Å². The van der Waals surface area contributed by atoms with Gasteiger partial charge in [-0.25, -0.2) is 4.98 Å². The van der Waals surface area contributed by atoms with E-state index in [0.29, 0.717) is 47.3 Å². The molecule has 3 aromatic heterocycles. The second kappa shape index (κ2) is 9.50. The van der Waals surface area contributed by atoms with E-state index in [1.54, 1.807) is 19.2 Å². The number of ether oxygens (including phenoxy) is 1. The number of carbonyl (C=O) groups excluding carboxylic acids is 1. The lowest BCUT2D eigenvalue weighted by Crippen LogP contribution is -2.28. The number of aromatic nitrogens is 5. The van der Waals surface area contributed by atoms with Gasteiger partial charge in [0.15, 0.2) is 5.58 Å². The molecular formula is C24H29N7O3. The van der Waals surface area contributed by atoms with Gasteiger partial charge in [-0.3, -0.25) is 9.48 Å². The zero-order valence-corrected chi connectivity index (χ0v) is 20.0. The predicted octanol–water partition coefficient (Wildman–Crippen LogP) is 3.69. The number of nitrogens with zero attached hydrogens (tertiary/aromatic N) is 5. The lowest BCUT2D eigenvalue weighted by atomic mass is 9.97. The standard InChI is InChI=1S/C24H29N7O3/c1-15-6-9-19-21(27-15)28-23(34-19)26-11-10-25-22(32)16-7-8-17(20(12-16)33-5)18-13-31(30-29-18)14-24(2,3)4/h6-9,12-13H,10-11,14H2,1-5H3,(H,25,32)(H,26,27,28). The minimum atomic E-state index is -0.210. The highest BCUT2D eigenvalue weighted by atomic mass is 16.5. The van der Waals surface area contributed by atoms with Crippen LogP contribution in [-0.4, -0.2) is 51.1 Å². The van der Waals surface area contributed by atoms with E-state index in [0.717, 1.165) is 17.8 Å². The van der Waals surface area contributed by atoms with Crippen LogP contribution in [-0.2, 0) is 6.54 Å². The van der Waals surface area contributed by atoms with E-state index in [1.807, 2.05) is 36.0 Å². The zero-order valence-electron chi connectivity index (χ0n) is 20.0. The van der Waals surface area contributed by atoms with Crippen molar-refractivity contribution >= 4 is 23.2 Å². The maximum atomic E-state index is 12.6. The predicted molar refractivity (Wildman–Crippen MR) is 129 cm³/mol. The van der Waals surface area contributed by atoms with Crippen LogP contribution < -0.4 is 15.4 Å². The molecule has 0 fully saturated rings. The molecule has 0 unspecified atom stereocenters. The summed E-state index contributed by atoms with van der Waals surface area (Å²) in [4.78, 5) is 21.3. The van der Waals surface area contributed by atoms with Crippen molar-refractivity contribution in [2.75, 3.05) is 25.5 Å². The number of aryl methyl sites for hydroxylation is 1. The summed E-state index contributed by atoms with van der Waals surface area (Å²) in [7, 11) is 1.57. The summed E-state index contributed by atoms with van der Waals surface area (Å²) in [6, 6.07) is 9.34. The fourth-order valence-corrected chi connectivity index (χ4v) is 3.47. The Labute approximate surface area is 197 Å². The van der Waals surface area contributed by atoms with Crippen LogP contribution in [0.1, 0.15) is 36.8 Å². The fourth-order valence-electron chi connectivity index (χ4n) is 3.47. The molecule has 0 spiro atoms. The summed E-state index contributed by atoms with van der Waals surface area (Å²) in [5, 5.41) is 14.4. The lowest BCUT2D eigenvalue weighted by molar-refractivity contribution is 0.0954. The molecule has 10 heteroatoms. The van der Waals surface area contributed by atoms with Gasteiger partial charge in [-0.15, -0.1) is 5.10 Å². The minimum Gasteiger partial charge on any atom is -0.496 e. The monoisotopic (exact) mass is 463 g/mol. The molecule has 0 atom stereocenters. The molecule has 0 radical (unpaired) electrons. The fraction of sp³-hybridized carbons (Fsp3) is 0.375. The van der Waals surface area contributed by atoms with E-state index in [-0.39, 0.29) is 11.3 Å². The summed E-state index contributed by atoms with van der Waals surface area (Å²) in [6.07, 6.45) is 1.89. The Hall–Kier alpha value is -3.95. The molecule has 0 aliphatic carbocycles. The molecule has 0 saturated carbocycles. The van der Waals surface area contributed by atoms with Gasteiger partial charge in [0.25, 0.3) is 11.9 Å². The van der Waals surface area contributed by atoms with E-state index >= 15 is 0 Å². The highest BCUT2D eigenvalue weighted by Gasteiger charge is 2.17. The molecule has 10 nitrogen and oxygen atoms in total. The maximum absolute atomic E-state index is 12.6. The van der Waals surface area contributed by atoms with E-state index in [1.165, 1.54) is 0 Å². The third kappa shape index (κ3) is 5.51. The molecular weight excluding hydrogens is 434 g/mol. The van der Waals surface area contributed by atoms with Crippen LogP contribution in [0.5, 0.6) is 5.75 Å². The molecule has 2 N–H and O–H groups in total. The first-order chi connectivity index (χ1) is 16.2. The average Bonchev–Trinajstić information content (AvgIpc) is 3.41. The highest BCUT2D eigenvalue weighted by Crippen LogP contribution is 2.30. The first-order valence-corrected chi connectivity index (χ1v) is 11.1. The smallest absolute Gasteiger partial charge is 0.297 e. The van der Waals surface area contributed by atoms with Crippen molar-refractivity contribution in [3.05, 3.63) is 47.8 Å². The van der Waals surface area contributed by atoms with Gasteiger partial charge in [-0.1, -0.05) is 26.0 Å². The molecule has 4 rings (SSSR count). The third-order valence-corrected chi connectivity index (χ3v) is 4.99. The van der Waals surface area contributed by atoms with Gasteiger partial charge in [0.2, 0.25) is 5.65 Å². The van der Waals surface area contributed by atoms with Crippen LogP contribution in [0, 0.1) is 12.3 Å². The third-order valence-electron chi connectivity index (χ3n) is 4.99. The molecule has 178 valence electrons. The number of fused-ring (bicyclic) bond motifs is 1. The molecule has 0 bridgehead atoms. The van der Waals surface area contributed by atoms with E-state index in [2.05, 4.69) is 51.7 Å². The van der Waals surface area contributed by atoms with E-state index in [4.69, 9.17) is 9.15 Å². The van der Waals surface area contributed by atoms with Crippen LogP contribution in [0.2, 0.25) is 0 Å². The van der Waals surface area contributed by atoms with Gasteiger partial charge in [0.1, 0.15) is 11.4 Å². The summed E-state index contributed by atoms with van der Waals surface area (Å²) >= 11 is 0. The summed E-state index contributed by atoms with van der Waals surface area (Å²) in [6.45, 7) is 9.90. The first-order valence-electron chi connectivity index (χ1n) is 11.1. The number of methoxy groups -OCH3 is 1. The number of anilines is 1. The molecule has 0 saturated heterocycles. The van der Waals surface area contributed by atoms with Gasteiger partial charge in [0.05, 0.1) is 13.3 Å². The minimum absolute atomic E-state index is 0.0856. The van der Waals surface area contributed by atoms with Crippen molar-refractivity contribution in [2.45, 2.75) is 34.2 Å². The Morgan fingerprint density at radius 2 is 1.97 bits per heavy atom. The summed E-state index contributed by atoms with van der Waals surface area (Å²) in [5.74, 6) is 0.348. The van der Waals surface area contributed by atoms with Gasteiger partial charge in [-0.05, 0) is 42.7 Å². The Kier molecular flexibility index (Phi) is 6.49. The Morgan fingerprint density at radius 1 is 1.15 bits per heavy atom. The largest absolute Gasteiger partial charge is 0.496 e. The van der Waals surface area contributed by atoms with Gasteiger partial charge >= 0.3 is 0 Å². The second-order valence-electron chi connectivity index (χ2n) is 9.25. The number of hydrogen-bond donors (Lipinski definition) is 2. The van der Waals surface area contributed by atoms with E-state index < -0.39 is 0 Å². The zero-order chi connectivity index (χ0) is 24.3. The average molecular weight is 464 g/mol. The summed E-state index contributed by atoms with van der Waals surface area (Å²) in [5.41, 5.74) is 4.09. The SMILES string of the molecule is COc1cc(C(=O)NCCNc2nc3nc(C)ccc3o2)ccc1-c1cn(CC(C)(C)C)nn1. The van der Waals surface area contributed by atoms with Crippen molar-refractivity contribution in [2.24, 2.45) is 5.41 Å². The Bertz CT molecular complexity index is 1300. The highest BCUT2D eigenvalue weighted by molar-refractivity contribution is 5.95. The normalized spacial score (nSPS) is 11.6. The Morgan fingerprint density at radius 3 is 2.74 bits per heavy atom. The number of oxazole rings is 1. The van der Waals surface area contributed by atoms with Crippen molar-refractivity contribution in [1.82, 2.24) is 30.3 Å². The van der Waals surface area contributed by atoms with Gasteiger partial charge < -0.3 is 19.8 Å². The van der Waals surface area contributed by atoms with Gasteiger partial charge in [0, 0.05) is 36.5 Å². The number of carbonyl (C=O) groups is 1. The van der Waals surface area contributed by atoms with Crippen LogP contribution in [0.3, 0.4) is 0 Å². The molecule has 3 heterocycles. The number of hydrogen-bond acceptors (Lipinski definition) is 8. The van der Waals surface area contributed by atoms with Crippen molar-refractivity contribution in [1.29, 1.82) is 0 Å². The van der Waals surface area contributed by atoms with Crippen molar-refractivity contribution < 1.29 is 13.9 Å². The number of amides is 1. The first kappa shape index (κ1) is 23.2. The second-order valence-corrected chi connectivity index (χ2v) is 9.25. The lowest BCUT2D eigenvalue weighted by Gasteiger charge is -2.16. The molecule has 1 aromatic carbocycles. The Balaban J connectivity index is 1.35. The maximum Gasteiger partial charge on any atom is 0.297 e. The van der Waals surface area contributed by atoms with Crippen LogP contribution in [0.25, 0.3) is 22.5 Å².